The molecule has 7 heteroatoms. The number of thiophene rings is 1. The lowest BCUT2D eigenvalue weighted by molar-refractivity contribution is 0.0736. The molecule has 2 aromatic rings. The molecule has 1 aromatic carbocycles. The van der Waals surface area contributed by atoms with Gasteiger partial charge in [-0.05, 0) is 59.5 Å². The van der Waals surface area contributed by atoms with E-state index in [1.54, 1.807) is 35.6 Å². The topological polar surface area (TPSA) is 66.5 Å². The molecule has 1 saturated heterocycles. The highest BCUT2D eigenvalue weighted by Crippen LogP contribution is 2.34. The van der Waals surface area contributed by atoms with E-state index in [1.165, 1.54) is 5.56 Å². The first kappa shape index (κ1) is 16.0. The molecule has 2 heterocycles. The van der Waals surface area contributed by atoms with E-state index in [0.29, 0.717) is 11.3 Å². The molecule has 0 aliphatic carbocycles. The van der Waals surface area contributed by atoms with Crippen LogP contribution in [0.1, 0.15) is 34.8 Å². The number of anilines is 1. The first-order chi connectivity index (χ1) is 10.9. The fourth-order valence-electron chi connectivity index (χ4n) is 2.88. The molecule has 1 N–H and O–H groups in total. The van der Waals surface area contributed by atoms with Crippen LogP contribution in [0.2, 0.25) is 0 Å². The van der Waals surface area contributed by atoms with Gasteiger partial charge in [0, 0.05) is 17.8 Å². The van der Waals surface area contributed by atoms with Gasteiger partial charge in [-0.15, -0.1) is 0 Å². The van der Waals surface area contributed by atoms with Crippen LogP contribution in [-0.2, 0) is 10.0 Å². The lowest BCUT2D eigenvalue weighted by atomic mass is 10.1. The molecular weight excluding hydrogens is 332 g/mol. The second-order valence-corrected chi connectivity index (χ2v) is 8.19. The van der Waals surface area contributed by atoms with Crippen LogP contribution in [0.5, 0.6) is 0 Å². The van der Waals surface area contributed by atoms with Crippen LogP contribution in [0, 0.1) is 0 Å². The molecule has 1 aliphatic heterocycles. The molecule has 1 fully saturated rings. The van der Waals surface area contributed by atoms with E-state index in [4.69, 9.17) is 0 Å². The molecule has 1 unspecified atom stereocenters. The molecule has 23 heavy (non-hydrogen) atoms. The summed E-state index contributed by atoms with van der Waals surface area (Å²) in [6.07, 6.45) is 3.08. The Bertz CT molecular complexity index is 783. The maximum absolute atomic E-state index is 12.7. The zero-order valence-corrected chi connectivity index (χ0v) is 14.4. The summed E-state index contributed by atoms with van der Waals surface area (Å²) in [6.45, 7) is 0.753. The number of hydrogen-bond acceptors (Lipinski definition) is 4. The predicted molar refractivity (Wildman–Crippen MR) is 92.2 cm³/mol. The fraction of sp³-hybridized carbons (Fsp3) is 0.312. The van der Waals surface area contributed by atoms with Crippen molar-refractivity contribution in [1.29, 1.82) is 0 Å². The Kier molecular flexibility index (Phi) is 4.41. The maximum atomic E-state index is 12.7. The van der Waals surface area contributed by atoms with Crippen LogP contribution in [0.3, 0.4) is 0 Å². The largest absolute Gasteiger partial charge is 0.332 e. The van der Waals surface area contributed by atoms with Crippen molar-refractivity contribution >= 4 is 33.0 Å². The van der Waals surface area contributed by atoms with Crippen LogP contribution in [-0.4, -0.2) is 32.0 Å². The normalized spacial score (nSPS) is 18.1. The molecule has 1 aliphatic rings. The lowest BCUT2D eigenvalue weighted by Gasteiger charge is -2.24. The lowest BCUT2D eigenvalue weighted by Crippen LogP contribution is -2.30. The Labute approximate surface area is 140 Å². The third-order valence-corrected chi connectivity index (χ3v) is 5.18. The van der Waals surface area contributed by atoms with E-state index >= 15 is 0 Å². The number of nitrogens with one attached hydrogen (secondary N) is 1. The summed E-state index contributed by atoms with van der Waals surface area (Å²) in [5, 5.41) is 4.12. The average molecular weight is 350 g/mol. The van der Waals surface area contributed by atoms with Crippen molar-refractivity contribution in [2.75, 3.05) is 17.5 Å². The minimum absolute atomic E-state index is 0.00962. The van der Waals surface area contributed by atoms with Gasteiger partial charge in [0.25, 0.3) is 5.91 Å². The standard InChI is InChI=1S/C16H18N2O3S2/c1-23(20,21)17-14-6-4-12(5-7-14)16(19)18-9-2-3-15(18)13-8-10-22-11-13/h4-8,10-11,15,17H,2-3,9H2,1H3. The summed E-state index contributed by atoms with van der Waals surface area (Å²) >= 11 is 1.64. The van der Waals surface area contributed by atoms with Crippen molar-refractivity contribution in [1.82, 2.24) is 4.90 Å². The summed E-state index contributed by atoms with van der Waals surface area (Å²) < 4.78 is 24.8. The van der Waals surface area contributed by atoms with Gasteiger partial charge in [0.1, 0.15) is 0 Å². The smallest absolute Gasteiger partial charge is 0.254 e. The minimum Gasteiger partial charge on any atom is -0.332 e. The summed E-state index contributed by atoms with van der Waals surface area (Å²) in [5.74, 6) is -0.00962. The third-order valence-electron chi connectivity index (χ3n) is 3.88. The highest BCUT2D eigenvalue weighted by Gasteiger charge is 2.30. The summed E-state index contributed by atoms with van der Waals surface area (Å²) in [7, 11) is -3.31. The molecule has 122 valence electrons. The monoisotopic (exact) mass is 350 g/mol. The van der Waals surface area contributed by atoms with Gasteiger partial charge >= 0.3 is 0 Å². The van der Waals surface area contributed by atoms with Crippen LogP contribution in [0.15, 0.2) is 41.1 Å². The molecule has 0 saturated carbocycles. The summed E-state index contributed by atoms with van der Waals surface area (Å²) in [4.78, 5) is 14.6. The molecule has 3 rings (SSSR count). The number of carbonyl (C=O) groups is 1. The van der Waals surface area contributed by atoms with Gasteiger partial charge in [-0.2, -0.15) is 11.3 Å². The van der Waals surface area contributed by atoms with Crippen LogP contribution in [0.25, 0.3) is 0 Å². The van der Waals surface area contributed by atoms with E-state index in [-0.39, 0.29) is 11.9 Å². The van der Waals surface area contributed by atoms with Crippen molar-refractivity contribution in [3.05, 3.63) is 52.2 Å². The molecule has 0 spiro atoms. The Morgan fingerprint density at radius 2 is 2.00 bits per heavy atom. The van der Waals surface area contributed by atoms with Gasteiger partial charge in [0.05, 0.1) is 12.3 Å². The number of benzene rings is 1. The van der Waals surface area contributed by atoms with Crippen LogP contribution >= 0.6 is 11.3 Å². The Morgan fingerprint density at radius 3 is 2.61 bits per heavy atom. The SMILES string of the molecule is CS(=O)(=O)Nc1ccc(C(=O)N2CCCC2c2ccsc2)cc1. The Morgan fingerprint density at radius 1 is 1.26 bits per heavy atom. The zero-order valence-electron chi connectivity index (χ0n) is 12.7. The molecule has 0 radical (unpaired) electrons. The Hall–Kier alpha value is -1.86. The van der Waals surface area contributed by atoms with Crippen molar-refractivity contribution in [3.8, 4) is 0 Å². The van der Waals surface area contributed by atoms with Crippen LogP contribution in [0.4, 0.5) is 5.69 Å². The number of rotatable bonds is 4. The van der Waals surface area contributed by atoms with E-state index < -0.39 is 10.0 Å². The second kappa shape index (κ2) is 6.33. The van der Waals surface area contributed by atoms with Crippen molar-refractivity contribution in [3.63, 3.8) is 0 Å². The van der Waals surface area contributed by atoms with Gasteiger partial charge in [0.2, 0.25) is 10.0 Å². The van der Waals surface area contributed by atoms with Gasteiger partial charge in [-0.1, -0.05) is 0 Å². The first-order valence-corrected chi connectivity index (χ1v) is 10.2. The van der Waals surface area contributed by atoms with Gasteiger partial charge in [-0.3, -0.25) is 9.52 Å². The molecular formula is C16H18N2O3S2. The number of nitrogens with zero attached hydrogens (tertiary/aromatic N) is 1. The summed E-state index contributed by atoms with van der Waals surface area (Å²) in [5.41, 5.74) is 2.22. The molecule has 1 amide bonds. The third kappa shape index (κ3) is 3.73. The second-order valence-electron chi connectivity index (χ2n) is 5.66. The zero-order chi connectivity index (χ0) is 16.4. The highest BCUT2D eigenvalue weighted by molar-refractivity contribution is 7.92. The maximum Gasteiger partial charge on any atom is 0.254 e. The minimum atomic E-state index is -3.31. The summed E-state index contributed by atoms with van der Waals surface area (Å²) in [6, 6.07) is 8.77. The molecule has 5 nitrogen and oxygen atoms in total. The van der Waals surface area contributed by atoms with Gasteiger partial charge in [0.15, 0.2) is 0 Å². The fourth-order valence-corrected chi connectivity index (χ4v) is 4.15. The van der Waals surface area contributed by atoms with Crippen molar-refractivity contribution in [2.45, 2.75) is 18.9 Å². The molecule has 1 atom stereocenters. The predicted octanol–water partition coefficient (Wildman–Crippen LogP) is 3.10. The molecule has 0 bridgehead atoms. The number of amides is 1. The van der Waals surface area contributed by atoms with E-state index in [9.17, 15) is 13.2 Å². The van der Waals surface area contributed by atoms with Crippen molar-refractivity contribution < 1.29 is 13.2 Å². The van der Waals surface area contributed by atoms with Crippen molar-refractivity contribution in [2.24, 2.45) is 0 Å². The van der Waals surface area contributed by atoms with Crippen LogP contribution < -0.4 is 4.72 Å². The quantitative estimate of drug-likeness (QED) is 0.921. The number of likely N-dealkylation sites (tertiary alicyclic amines) is 1. The van der Waals surface area contributed by atoms with E-state index in [0.717, 1.165) is 25.6 Å². The first-order valence-electron chi connectivity index (χ1n) is 7.35. The Balaban J connectivity index is 1.77. The average Bonchev–Trinajstić information content (AvgIpc) is 3.16. The highest BCUT2D eigenvalue weighted by atomic mass is 32.2. The number of carbonyl (C=O) groups excluding carboxylic acids is 1. The number of hydrogen-bond donors (Lipinski definition) is 1. The molecule has 1 aromatic heterocycles. The number of sulfonamides is 1. The van der Waals surface area contributed by atoms with Gasteiger partial charge in [-0.25, -0.2) is 8.42 Å². The van der Waals surface area contributed by atoms with E-state index in [2.05, 4.69) is 16.2 Å². The van der Waals surface area contributed by atoms with E-state index in [1.807, 2.05) is 10.3 Å². The van der Waals surface area contributed by atoms with Gasteiger partial charge < -0.3 is 4.90 Å².